The highest BCUT2D eigenvalue weighted by Crippen LogP contribution is 2.64. The van der Waals surface area contributed by atoms with Crippen molar-refractivity contribution in [3.8, 4) is 22.3 Å². The summed E-state index contributed by atoms with van der Waals surface area (Å²) in [6, 6.07) is 65.2. The lowest BCUT2D eigenvalue weighted by molar-refractivity contribution is 0.795. The molecule has 0 atom stereocenters. The van der Waals surface area contributed by atoms with Gasteiger partial charge < -0.3 is 9.80 Å². The monoisotopic (exact) mass is 812 g/mol. The lowest BCUT2D eigenvalue weighted by Crippen LogP contribution is -2.26. The van der Waals surface area contributed by atoms with Gasteiger partial charge in [0.2, 0.25) is 0 Å². The number of benzene rings is 9. The third kappa shape index (κ3) is 6.22. The van der Waals surface area contributed by atoms with Gasteiger partial charge in [-0.25, -0.2) is 0 Å². The maximum absolute atomic E-state index is 2.53. The molecule has 9 aromatic carbocycles. The Bertz CT molecular complexity index is 3120. The van der Waals surface area contributed by atoms with E-state index < -0.39 is 5.41 Å². The molecule has 0 amide bonds. The van der Waals surface area contributed by atoms with Gasteiger partial charge in [0.25, 0.3) is 0 Å². The van der Waals surface area contributed by atoms with Crippen molar-refractivity contribution < 1.29 is 0 Å². The summed E-state index contributed by atoms with van der Waals surface area (Å²) in [4.78, 5) is 4.92. The van der Waals surface area contributed by atoms with E-state index in [-0.39, 0.29) is 0 Å². The molecule has 306 valence electrons. The molecule has 2 aliphatic carbocycles. The van der Waals surface area contributed by atoms with E-state index in [1.807, 2.05) is 0 Å². The topological polar surface area (TPSA) is 6.48 Å². The number of nitrogens with zero attached hydrogens (tertiary/aromatic N) is 2. The maximum Gasteiger partial charge on any atom is 0.0726 e. The van der Waals surface area contributed by atoms with Crippen molar-refractivity contribution in [2.24, 2.45) is 0 Å². The molecule has 1 spiro atoms. The first kappa shape index (κ1) is 38.7. The van der Waals surface area contributed by atoms with Crippen molar-refractivity contribution in [1.29, 1.82) is 0 Å². The quantitative estimate of drug-likeness (QED) is 0.165. The van der Waals surface area contributed by atoms with E-state index in [0.717, 1.165) is 11.4 Å². The fourth-order valence-corrected chi connectivity index (χ4v) is 11.3. The molecule has 2 nitrogen and oxygen atoms in total. The van der Waals surface area contributed by atoms with Gasteiger partial charge in [0.1, 0.15) is 0 Å². The summed E-state index contributed by atoms with van der Waals surface area (Å²) < 4.78 is 0. The summed E-state index contributed by atoms with van der Waals surface area (Å²) in [5.41, 5.74) is 27.1. The lowest BCUT2D eigenvalue weighted by atomic mass is 9.70. The summed E-state index contributed by atoms with van der Waals surface area (Å²) >= 11 is 0. The molecule has 63 heavy (non-hydrogen) atoms. The van der Waals surface area contributed by atoms with Crippen LogP contribution in [0.2, 0.25) is 0 Å². The second-order valence-corrected chi connectivity index (χ2v) is 18.6. The van der Waals surface area contributed by atoms with Crippen LogP contribution in [0.15, 0.2) is 170 Å². The SMILES string of the molecule is Cc1cc(C)cc(N(c2cc(C)cc(C)c2)c2ccc3c(c2)C2(c4ccccc4-c4ccccc42)c2cc4cc(N(c5cc(C)cc(C)c5)c5cc(C)cc(C)c5)ccc4cc2-3)c1. The fourth-order valence-electron chi connectivity index (χ4n) is 11.3. The predicted octanol–water partition coefficient (Wildman–Crippen LogP) is 16.6. The van der Waals surface area contributed by atoms with Gasteiger partial charge in [0.05, 0.1) is 5.41 Å². The third-order valence-electron chi connectivity index (χ3n) is 13.4. The molecule has 0 heterocycles. The Morgan fingerprint density at radius 2 is 0.619 bits per heavy atom. The Hall–Kier alpha value is -7.16. The Kier molecular flexibility index (Phi) is 8.89. The molecule has 0 aromatic heterocycles. The first-order valence-electron chi connectivity index (χ1n) is 22.3. The molecule has 0 radical (unpaired) electrons. The number of anilines is 6. The Morgan fingerprint density at radius 1 is 0.254 bits per heavy atom. The third-order valence-corrected chi connectivity index (χ3v) is 13.4. The largest absolute Gasteiger partial charge is 0.310 e. The maximum atomic E-state index is 2.53. The highest BCUT2D eigenvalue weighted by Gasteiger charge is 2.52. The average molecular weight is 813 g/mol. The minimum absolute atomic E-state index is 0.518. The van der Waals surface area contributed by atoms with E-state index in [0.29, 0.717) is 0 Å². The minimum atomic E-state index is -0.518. The van der Waals surface area contributed by atoms with Crippen LogP contribution in [0.3, 0.4) is 0 Å². The molecule has 2 aliphatic rings. The van der Waals surface area contributed by atoms with Crippen molar-refractivity contribution in [3.63, 3.8) is 0 Å². The molecule has 2 heteroatoms. The summed E-state index contributed by atoms with van der Waals surface area (Å²) in [7, 11) is 0. The van der Waals surface area contributed by atoms with Crippen LogP contribution in [0, 0.1) is 55.4 Å². The van der Waals surface area contributed by atoms with Crippen LogP contribution in [-0.4, -0.2) is 0 Å². The normalized spacial score (nSPS) is 12.9. The van der Waals surface area contributed by atoms with Crippen molar-refractivity contribution in [2.45, 2.75) is 60.8 Å². The fraction of sp³-hybridized carbons (Fsp3) is 0.148. The zero-order valence-electron chi connectivity index (χ0n) is 37.6. The van der Waals surface area contributed by atoms with Crippen LogP contribution in [0.5, 0.6) is 0 Å². The smallest absolute Gasteiger partial charge is 0.0726 e. The van der Waals surface area contributed by atoms with Gasteiger partial charge in [-0.15, -0.1) is 0 Å². The van der Waals surface area contributed by atoms with Crippen molar-refractivity contribution in [2.75, 3.05) is 9.80 Å². The number of hydrogen-bond donors (Lipinski definition) is 0. The first-order valence-corrected chi connectivity index (χ1v) is 22.3. The van der Waals surface area contributed by atoms with E-state index in [1.54, 1.807) is 0 Å². The van der Waals surface area contributed by atoms with Crippen LogP contribution in [0.4, 0.5) is 34.1 Å². The van der Waals surface area contributed by atoms with Crippen LogP contribution >= 0.6 is 0 Å². The lowest BCUT2D eigenvalue weighted by Gasteiger charge is -2.32. The van der Waals surface area contributed by atoms with E-state index in [4.69, 9.17) is 0 Å². The zero-order valence-corrected chi connectivity index (χ0v) is 37.6. The van der Waals surface area contributed by atoms with E-state index in [2.05, 4.69) is 235 Å². The van der Waals surface area contributed by atoms with Crippen molar-refractivity contribution in [1.82, 2.24) is 0 Å². The number of rotatable bonds is 6. The highest BCUT2D eigenvalue weighted by atomic mass is 15.1. The van der Waals surface area contributed by atoms with Crippen LogP contribution in [0.25, 0.3) is 33.0 Å². The van der Waals surface area contributed by atoms with E-state index >= 15 is 0 Å². The van der Waals surface area contributed by atoms with Gasteiger partial charge in [-0.2, -0.15) is 0 Å². The van der Waals surface area contributed by atoms with Crippen molar-refractivity contribution >= 4 is 44.9 Å². The van der Waals surface area contributed by atoms with Gasteiger partial charge in [-0.05, 0) is 240 Å². The summed E-state index contributed by atoms with van der Waals surface area (Å²) in [6.07, 6.45) is 0. The molecular weight excluding hydrogens is 761 g/mol. The van der Waals surface area contributed by atoms with Gasteiger partial charge in [-0.1, -0.05) is 84.9 Å². The minimum Gasteiger partial charge on any atom is -0.310 e. The van der Waals surface area contributed by atoms with Crippen molar-refractivity contribution in [3.05, 3.63) is 237 Å². The molecular formula is C61H52N2. The Labute approximate surface area is 372 Å². The van der Waals surface area contributed by atoms with Crippen LogP contribution in [-0.2, 0) is 5.41 Å². The molecule has 9 aromatic rings. The van der Waals surface area contributed by atoms with Gasteiger partial charge in [-0.3, -0.25) is 0 Å². The standard InChI is InChI=1S/C61H52N2/c1-37-21-38(2)26-49(25-37)62(50-27-39(3)22-40(4)28-50)47-18-17-45-34-56-55-20-19-48(63(51-29-41(5)23-42(6)30-51)52-31-43(7)24-44(8)32-52)36-60(55)61(59(56)35-46(45)33-47)57-15-11-9-13-53(57)54-14-10-12-16-58(54)61/h9-36H,1-8H3. The molecule has 0 aliphatic heterocycles. The van der Waals surface area contributed by atoms with Crippen LogP contribution < -0.4 is 9.80 Å². The first-order chi connectivity index (χ1) is 30.4. The molecule has 11 rings (SSSR count). The second-order valence-electron chi connectivity index (χ2n) is 18.6. The van der Waals surface area contributed by atoms with Gasteiger partial charge in [0, 0.05) is 34.1 Å². The average Bonchev–Trinajstić information content (AvgIpc) is 3.68. The highest BCUT2D eigenvalue weighted by molar-refractivity contribution is 6.02. The van der Waals surface area contributed by atoms with Crippen LogP contribution in [0.1, 0.15) is 66.8 Å². The van der Waals surface area contributed by atoms with E-state index in [1.165, 1.54) is 123 Å². The molecule has 0 saturated heterocycles. The number of hydrogen-bond acceptors (Lipinski definition) is 2. The molecule has 0 bridgehead atoms. The molecule has 0 unspecified atom stereocenters. The summed E-state index contributed by atoms with van der Waals surface area (Å²) in [5.74, 6) is 0. The predicted molar refractivity (Wildman–Crippen MR) is 268 cm³/mol. The number of aryl methyl sites for hydroxylation is 8. The summed E-state index contributed by atoms with van der Waals surface area (Å²) in [5, 5.41) is 2.46. The van der Waals surface area contributed by atoms with Gasteiger partial charge in [0.15, 0.2) is 0 Å². The van der Waals surface area contributed by atoms with Gasteiger partial charge >= 0.3 is 0 Å². The molecule has 0 N–H and O–H groups in total. The van der Waals surface area contributed by atoms with E-state index in [9.17, 15) is 0 Å². The Morgan fingerprint density at radius 3 is 1.06 bits per heavy atom. The molecule has 0 fully saturated rings. The Balaban J connectivity index is 1.18. The second kappa shape index (κ2) is 14.5. The molecule has 0 saturated carbocycles. The number of fused-ring (bicyclic) bond motifs is 11. The zero-order chi connectivity index (χ0) is 43.3. The summed E-state index contributed by atoms with van der Waals surface area (Å²) in [6.45, 7) is 17.6.